The van der Waals surface area contributed by atoms with Crippen LogP contribution in [0.5, 0.6) is 0 Å². The van der Waals surface area contributed by atoms with E-state index in [4.69, 9.17) is 16.0 Å². The van der Waals surface area contributed by atoms with Crippen LogP contribution in [0.2, 0.25) is 5.02 Å². The number of carbonyl (C=O) groups excluding carboxylic acids is 2. The van der Waals surface area contributed by atoms with E-state index in [-0.39, 0.29) is 23.1 Å². The molecule has 0 bridgehead atoms. The number of hydrogen-bond acceptors (Lipinski definition) is 6. The van der Waals surface area contributed by atoms with Crippen LogP contribution < -0.4 is 10.6 Å². The van der Waals surface area contributed by atoms with Gasteiger partial charge in [-0.3, -0.25) is 19.7 Å². The summed E-state index contributed by atoms with van der Waals surface area (Å²) in [4.78, 5) is 35.4. The third kappa shape index (κ3) is 5.59. The average molecular weight is 432 g/mol. The lowest BCUT2D eigenvalue weighted by molar-refractivity contribution is -0.384. The SMILES string of the molecule is O=C(CSc1ccc([N+](=O)[O-])cc1)Nc1ccc(Cl)cc1NC(=O)c1ccco1. The summed E-state index contributed by atoms with van der Waals surface area (Å²) in [6.07, 6.45) is 1.38. The second kappa shape index (κ2) is 9.26. The predicted molar refractivity (Wildman–Crippen MR) is 111 cm³/mol. The minimum Gasteiger partial charge on any atom is -0.459 e. The monoisotopic (exact) mass is 431 g/mol. The van der Waals surface area contributed by atoms with E-state index >= 15 is 0 Å². The lowest BCUT2D eigenvalue weighted by atomic mass is 10.2. The van der Waals surface area contributed by atoms with E-state index in [1.165, 1.54) is 42.3 Å². The second-order valence-electron chi connectivity index (χ2n) is 5.71. The number of benzene rings is 2. The lowest BCUT2D eigenvalue weighted by Crippen LogP contribution is -2.17. The molecule has 10 heteroatoms. The highest BCUT2D eigenvalue weighted by molar-refractivity contribution is 8.00. The summed E-state index contributed by atoms with van der Waals surface area (Å²) in [5, 5.41) is 16.4. The first-order valence-corrected chi connectivity index (χ1v) is 9.60. The Labute approximate surface area is 174 Å². The molecule has 1 aromatic heterocycles. The van der Waals surface area contributed by atoms with Crippen molar-refractivity contribution in [3.8, 4) is 0 Å². The lowest BCUT2D eigenvalue weighted by Gasteiger charge is -2.12. The van der Waals surface area contributed by atoms with E-state index in [0.717, 1.165) is 0 Å². The molecule has 148 valence electrons. The molecule has 0 unspecified atom stereocenters. The number of nitrogens with zero attached hydrogens (tertiary/aromatic N) is 1. The molecule has 3 aromatic rings. The zero-order chi connectivity index (χ0) is 20.8. The highest BCUT2D eigenvalue weighted by atomic mass is 35.5. The molecule has 0 radical (unpaired) electrons. The minimum atomic E-state index is -0.486. The van der Waals surface area contributed by atoms with Gasteiger partial charge in [-0.2, -0.15) is 0 Å². The van der Waals surface area contributed by atoms with E-state index in [9.17, 15) is 19.7 Å². The summed E-state index contributed by atoms with van der Waals surface area (Å²) in [6, 6.07) is 13.7. The molecule has 1 heterocycles. The molecule has 0 aliphatic carbocycles. The number of furan rings is 1. The molecule has 29 heavy (non-hydrogen) atoms. The van der Waals surface area contributed by atoms with Crippen LogP contribution in [0.3, 0.4) is 0 Å². The number of nitrogens with one attached hydrogen (secondary N) is 2. The molecule has 3 rings (SSSR count). The van der Waals surface area contributed by atoms with Crippen LogP contribution in [0.15, 0.2) is 70.2 Å². The smallest absolute Gasteiger partial charge is 0.291 e. The Morgan fingerprint density at radius 3 is 2.48 bits per heavy atom. The van der Waals surface area contributed by atoms with Gasteiger partial charge in [0.15, 0.2) is 5.76 Å². The molecule has 0 saturated carbocycles. The van der Waals surface area contributed by atoms with Gasteiger partial charge in [-0.25, -0.2) is 0 Å². The van der Waals surface area contributed by atoms with Gasteiger partial charge in [0.25, 0.3) is 11.6 Å². The molecule has 8 nitrogen and oxygen atoms in total. The second-order valence-corrected chi connectivity index (χ2v) is 7.19. The number of amides is 2. The number of hydrogen-bond donors (Lipinski definition) is 2. The van der Waals surface area contributed by atoms with Crippen molar-refractivity contribution in [2.75, 3.05) is 16.4 Å². The fraction of sp³-hybridized carbons (Fsp3) is 0.0526. The largest absolute Gasteiger partial charge is 0.459 e. The first kappa shape index (κ1) is 20.4. The van der Waals surface area contributed by atoms with Gasteiger partial charge in [-0.15, -0.1) is 11.8 Å². The maximum atomic E-state index is 12.3. The Bertz CT molecular complexity index is 1040. The van der Waals surface area contributed by atoms with Crippen molar-refractivity contribution in [3.05, 3.63) is 81.8 Å². The van der Waals surface area contributed by atoms with Crippen molar-refractivity contribution >= 4 is 52.2 Å². The van der Waals surface area contributed by atoms with Crippen LogP contribution in [-0.4, -0.2) is 22.5 Å². The van der Waals surface area contributed by atoms with Crippen molar-refractivity contribution in [2.24, 2.45) is 0 Å². The predicted octanol–water partition coefficient (Wildman–Crippen LogP) is 4.82. The highest BCUT2D eigenvalue weighted by Crippen LogP contribution is 2.27. The van der Waals surface area contributed by atoms with Crippen molar-refractivity contribution in [1.82, 2.24) is 0 Å². The average Bonchev–Trinajstić information content (AvgIpc) is 3.24. The molecule has 2 amide bonds. The third-order valence-corrected chi connectivity index (χ3v) is 4.91. The van der Waals surface area contributed by atoms with Crippen LogP contribution in [0.25, 0.3) is 0 Å². The number of nitro benzene ring substituents is 1. The van der Waals surface area contributed by atoms with Crippen LogP contribution in [0.1, 0.15) is 10.6 Å². The Morgan fingerprint density at radius 1 is 1.07 bits per heavy atom. The maximum Gasteiger partial charge on any atom is 0.291 e. The van der Waals surface area contributed by atoms with E-state index in [0.29, 0.717) is 21.3 Å². The van der Waals surface area contributed by atoms with Crippen LogP contribution in [-0.2, 0) is 4.79 Å². The summed E-state index contributed by atoms with van der Waals surface area (Å²) in [7, 11) is 0. The molecular formula is C19H14ClN3O5S. The van der Waals surface area contributed by atoms with Gasteiger partial charge >= 0.3 is 0 Å². The molecule has 0 atom stereocenters. The Kier molecular flexibility index (Phi) is 6.53. The summed E-state index contributed by atoms with van der Waals surface area (Å²) < 4.78 is 5.05. The van der Waals surface area contributed by atoms with E-state index in [2.05, 4.69) is 10.6 Å². The molecule has 0 aliphatic rings. The van der Waals surface area contributed by atoms with Gasteiger partial charge in [0.1, 0.15) is 0 Å². The van der Waals surface area contributed by atoms with Gasteiger partial charge in [-0.1, -0.05) is 11.6 Å². The molecule has 2 aromatic carbocycles. The number of thioether (sulfide) groups is 1. The number of nitro groups is 1. The summed E-state index contributed by atoms with van der Waals surface area (Å²) in [5.74, 6) is -0.598. The van der Waals surface area contributed by atoms with Crippen LogP contribution in [0, 0.1) is 10.1 Å². The molecule has 0 saturated heterocycles. The van der Waals surface area contributed by atoms with Crippen molar-refractivity contribution in [2.45, 2.75) is 4.90 Å². The number of halogens is 1. The molecule has 0 fully saturated rings. The third-order valence-electron chi connectivity index (χ3n) is 3.67. The quantitative estimate of drug-likeness (QED) is 0.314. The fourth-order valence-electron chi connectivity index (χ4n) is 2.32. The summed E-state index contributed by atoms with van der Waals surface area (Å²) in [5.41, 5.74) is 0.688. The fourth-order valence-corrected chi connectivity index (χ4v) is 3.19. The van der Waals surface area contributed by atoms with Gasteiger partial charge in [0, 0.05) is 22.1 Å². The van der Waals surface area contributed by atoms with Crippen LogP contribution >= 0.6 is 23.4 Å². The number of carbonyl (C=O) groups is 2. The van der Waals surface area contributed by atoms with Crippen molar-refractivity contribution in [1.29, 1.82) is 0 Å². The van der Waals surface area contributed by atoms with Crippen molar-refractivity contribution in [3.63, 3.8) is 0 Å². The molecular weight excluding hydrogens is 418 g/mol. The number of anilines is 2. The van der Waals surface area contributed by atoms with E-state index in [1.54, 1.807) is 30.3 Å². The summed E-state index contributed by atoms with van der Waals surface area (Å²) in [6.45, 7) is 0. The first-order valence-electron chi connectivity index (χ1n) is 8.24. The Morgan fingerprint density at radius 2 is 1.83 bits per heavy atom. The minimum absolute atomic E-state index is 0.0168. The van der Waals surface area contributed by atoms with E-state index < -0.39 is 10.8 Å². The zero-order valence-corrected chi connectivity index (χ0v) is 16.3. The van der Waals surface area contributed by atoms with Gasteiger partial charge < -0.3 is 15.1 Å². The highest BCUT2D eigenvalue weighted by Gasteiger charge is 2.14. The van der Waals surface area contributed by atoms with Gasteiger partial charge in [0.2, 0.25) is 5.91 Å². The van der Waals surface area contributed by atoms with Gasteiger partial charge in [-0.05, 0) is 42.5 Å². The Hall–Kier alpha value is -3.30. The first-order chi connectivity index (χ1) is 13.9. The summed E-state index contributed by atoms with van der Waals surface area (Å²) >= 11 is 7.22. The molecule has 2 N–H and O–H groups in total. The zero-order valence-electron chi connectivity index (χ0n) is 14.8. The standard InChI is InChI=1S/C19H14ClN3O5S/c20-12-3-8-15(16(10-12)22-19(25)17-2-1-9-28-17)21-18(24)11-29-14-6-4-13(5-7-14)23(26)27/h1-10H,11H2,(H,21,24)(H,22,25). The normalized spacial score (nSPS) is 10.4. The van der Waals surface area contributed by atoms with Crippen LogP contribution in [0.4, 0.5) is 17.1 Å². The molecule has 0 spiro atoms. The Balaban J connectivity index is 1.63. The molecule has 0 aliphatic heterocycles. The maximum absolute atomic E-state index is 12.3. The van der Waals surface area contributed by atoms with Crippen molar-refractivity contribution < 1.29 is 18.9 Å². The number of non-ortho nitro benzene ring substituents is 1. The van der Waals surface area contributed by atoms with Gasteiger partial charge in [0.05, 0.1) is 28.3 Å². The topological polar surface area (TPSA) is 114 Å². The number of rotatable bonds is 7. The van der Waals surface area contributed by atoms with E-state index in [1.807, 2.05) is 0 Å².